The highest BCUT2D eigenvalue weighted by molar-refractivity contribution is 5.92. The number of hydrogen-bond acceptors (Lipinski definition) is 4. The van der Waals surface area contributed by atoms with E-state index < -0.39 is 0 Å². The molecule has 0 atom stereocenters. The third-order valence-corrected chi connectivity index (χ3v) is 4.26. The van der Waals surface area contributed by atoms with E-state index in [9.17, 15) is 9.59 Å². The quantitative estimate of drug-likeness (QED) is 0.506. The predicted octanol–water partition coefficient (Wildman–Crippen LogP) is 4.69. The molecule has 7 nitrogen and oxygen atoms in total. The van der Waals surface area contributed by atoms with Crippen molar-refractivity contribution in [3.8, 4) is 11.5 Å². The van der Waals surface area contributed by atoms with Gasteiger partial charge in [-0.1, -0.05) is 32.0 Å². The van der Waals surface area contributed by atoms with Gasteiger partial charge in [-0.3, -0.25) is 4.79 Å². The van der Waals surface area contributed by atoms with Gasteiger partial charge in [0.25, 0.3) is 0 Å². The first kappa shape index (κ1) is 21.1. The molecule has 0 radical (unpaired) electrons. The summed E-state index contributed by atoms with van der Waals surface area (Å²) in [6.45, 7) is 4.42. The predicted molar refractivity (Wildman–Crippen MR) is 117 cm³/mol. The Bertz CT molecular complexity index is 966. The molecule has 156 valence electrons. The number of hydrogen-bond donors (Lipinski definition) is 3. The van der Waals surface area contributed by atoms with E-state index in [1.165, 1.54) is 0 Å². The lowest BCUT2D eigenvalue weighted by molar-refractivity contribution is -0.116. The van der Waals surface area contributed by atoms with Gasteiger partial charge in [0.15, 0.2) is 0 Å². The number of rotatable bonds is 8. The Morgan fingerprint density at radius 3 is 2.30 bits per heavy atom. The highest BCUT2D eigenvalue weighted by Gasteiger charge is 2.08. The monoisotopic (exact) mass is 406 g/mol. The minimum atomic E-state index is -0.307. The van der Waals surface area contributed by atoms with Crippen molar-refractivity contribution < 1.29 is 14.0 Å². The van der Waals surface area contributed by atoms with Crippen LogP contribution in [-0.2, 0) is 11.2 Å². The number of anilines is 2. The van der Waals surface area contributed by atoms with Crippen LogP contribution in [0.1, 0.15) is 26.0 Å². The smallest absolute Gasteiger partial charge is 0.319 e. The normalized spacial score (nSPS) is 10.6. The van der Waals surface area contributed by atoms with Gasteiger partial charge in [0.05, 0.1) is 5.69 Å². The number of nitrogens with zero attached hydrogens (tertiary/aromatic N) is 1. The Kier molecular flexibility index (Phi) is 7.21. The summed E-state index contributed by atoms with van der Waals surface area (Å²) in [5, 5.41) is 8.40. The standard InChI is InChI=1S/C23H26N4O3/c1-16(2)14-21(28)25-18-8-10-19(11-9-18)27-23(29)24-13-12-20-15-30-22(26-20)17-6-4-3-5-7-17/h3-11,15-16H,12-14H2,1-2H3,(H,25,28)(H2,24,27,29). The van der Waals surface area contributed by atoms with Gasteiger partial charge in [0, 0.05) is 36.3 Å². The Morgan fingerprint density at radius 1 is 0.967 bits per heavy atom. The summed E-state index contributed by atoms with van der Waals surface area (Å²) in [4.78, 5) is 28.3. The molecule has 3 aromatic rings. The van der Waals surface area contributed by atoms with Crippen molar-refractivity contribution in [2.45, 2.75) is 26.7 Å². The van der Waals surface area contributed by atoms with Crippen LogP contribution in [0.2, 0.25) is 0 Å². The van der Waals surface area contributed by atoms with E-state index in [1.54, 1.807) is 30.5 Å². The molecule has 0 spiro atoms. The fraction of sp³-hybridized carbons (Fsp3) is 0.261. The van der Waals surface area contributed by atoms with Gasteiger partial charge in [-0.2, -0.15) is 0 Å². The maximum Gasteiger partial charge on any atom is 0.319 e. The van der Waals surface area contributed by atoms with E-state index in [2.05, 4.69) is 20.9 Å². The summed E-state index contributed by atoms with van der Waals surface area (Å²) in [6.07, 6.45) is 2.64. The zero-order chi connectivity index (χ0) is 21.3. The number of urea groups is 1. The average Bonchev–Trinajstić information content (AvgIpc) is 3.18. The second-order valence-corrected chi connectivity index (χ2v) is 7.36. The Balaban J connectivity index is 1.42. The van der Waals surface area contributed by atoms with Crippen LogP contribution in [-0.4, -0.2) is 23.5 Å². The zero-order valence-corrected chi connectivity index (χ0v) is 17.1. The van der Waals surface area contributed by atoms with Crippen LogP contribution in [0.3, 0.4) is 0 Å². The van der Waals surface area contributed by atoms with Gasteiger partial charge >= 0.3 is 6.03 Å². The van der Waals surface area contributed by atoms with Crippen LogP contribution < -0.4 is 16.0 Å². The molecular weight excluding hydrogens is 380 g/mol. The van der Waals surface area contributed by atoms with Gasteiger partial charge in [0.2, 0.25) is 11.8 Å². The molecule has 0 fully saturated rings. The molecule has 0 bridgehead atoms. The van der Waals surface area contributed by atoms with Crippen molar-refractivity contribution in [2.24, 2.45) is 5.92 Å². The molecule has 0 saturated carbocycles. The summed E-state index contributed by atoms with van der Waals surface area (Å²) < 4.78 is 5.49. The number of oxazole rings is 1. The first-order valence-electron chi connectivity index (χ1n) is 9.94. The molecule has 30 heavy (non-hydrogen) atoms. The Labute approximate surface area is 175 Å². The maximum absolute atomic E-state index is 12.1. The summed E-state index contributed by atoms with van der Waals surface area (Å²) in [5.41, 5.74) is 3.03. The first-order chi connectivity index (χ1) is 14.5. The SMILES string of the molecule is CC(C)CC(=O)Nc1ccc(NC(=O)NCCc2coc(-c3ccccc3)n2)cc1. The second-order valence-electron chi connectivity index (χ2n) is 7.36. The summed E-state index contributed by atoms with van der Waals surface area (Å²) in [5.74, 6) is 0.846. The number of carbonyl (C=O) groups is 2. The second kappa shape index (κ2) is 10.2. The summed E-state index contributed by atoms with van der Waals surface area (Å²) in [6, 6.07) is 16.4. The Morgan fingerprint density at radius 2 is 1.63 bits per heavy atom. The molecule has 2 aromatic carbocycles. The van der Waals surface area contributed by atoms with Crippen LogP contribution in [0.4, 0.5) is 16.2 Å². The van der Waals surface area contributed by atoms with E-state index in [0.717, 1.165) is 11.3 Å². The molecule has 1 aromatic heterocycles. The topological polar surface area (TPSA) is 96.3 Å². The number of aromatic nitrogens is 1. The average molecular weight is 406 g/mol. The van der Waals surface area contributed by atoms with Crippen LogP contribution in [0, 0.1) is 5.92 Å². The number of nitrogens with one attached hydrogen (secondary N) is 3. The van der Waals surface area contributed by atoms with E-state index in [-0.39, 0.29) is 11.9 Å². The van der Waals surface area contributed by atoms with Gasteiger partial charge < -0.3 is 20.4 Å². The van der Waals surface area contributed by atoms with Crippen molar-refractivity contribution in [3.63, 3.8) is 0 Å². The van der Waals surface area contributed by atoms with E-state index in [1.807, 2.05) is 44.2 Å². The van der Waals surface area contributed by atoms with Crippen molar-refractivity contribution >= 4 is 23.3 Å². The first-order valence-corrected chi connectivity index (χ1v) is 9.94. The molecule has 0 aliphatic rings. The molecule has 7 heteroatoms. The van der Waals surface area contributed by atoms with Crippen molar-refractivity contribution in [2.75, 3.05) is 17.2 Å². The van der Waals surface area contributed by atoms with Crippen LogP contribution in [0.15, 0.2) is 65.3 Å². The minimum Gasteiger partial charge on any atom is -0.444 e. The highest BCUT2D eigenvalue weighted by Crippen LogP contribution is 2.18. The van der Waals surface area contributed by atoms with Gasteiger partial charge in [-0.15, -0.1) is 0 Å². The van der Waals surface area contributed by atoms with Crippen LogP contribution in [0.5, 0.6) is 0 Å². The molecule has 1 heterocycles. The Hall–Kier alpha value is -3.61. The fourth-order valence-corrected chi connectivity index (χ4v) is 2.83. The van der Waals surface area contributed by atoms with Gasteiger partial charge in [-0.05, 0) is 42.3 Å². The lowest BCUT2D eigenvalue weighted by Crippen LogP contribution is -2.30. The molecule has 3 amide bonds. The van der Waals surface area contributed by atoms with Crippen molar-refractivity contribution in [1.29, 1.82) is 0 Å². The summed E-state index contributed by atoms with van der Waals surface area (Å²) in [7, 11) is 0. The van der Waals surface area contributed by atoms with Gasteiger partial charge in [0.1, 0.15) is 6.26 Å². The van der Waals surface area contributed by atoms with Gasteiger partial charge in [-0.25, -0.2) is 9.78 Å². The molecule has 0 aliphatic heterocycles. The minimum absolute atomic E-state index is 0.0215. The maximum atomic E-state index is 12.1. The lowest BCUT2D eigenvalue weighted by Gasteiger charge is -2.09. The highest BCUT2D eigenvalue weighted by atomic mass is 16.3. The van der Waals surface area contributed by atoms with E-state index in [0.29, 0.717) is 42.6 Å². The lowest BCUT2D eigenvalue weighted by atomic mass is 10.1. The van der Waals surface area contributed by atoms with Crippen LogP contribution >= 0.6 is 0 Å². The van der Waals surface area contributed by atoms with E-state index >= 15 is 0 Å². The third-order valence-electron chi connectivity index (χ3n) is 4.26. The molecule has 0 unspecified atom stereocenters. The number of amides is 3. The molecule has 0 aliphatic carbocycles. The largest absolute Gasteiger partial charge is 0.444 e. The number of carbonyl (C=O) groups excluding carboxylic acids is 2. The fourth-order valence-electron chi connectivity index (χ4n) is 2.83. The summed E-state index contributed by atoms with van der Waals surface area (Å²) >= 11 is 0. The van der Waals surface area contributed by atoms with Crippen molar-refractivity contribution in [3.05, 3.63) is 66.6 Å². The third kappa shape index (κ3) is 6.48. The molecular formula is C23H26N4O3. The molecule has 0 saturated heterocycles. The van der Waals surface area contributed by atoms with Crippen LogP contribution in [0.25, 0.3) is 11.5 Å². The molecule has 3 N–H and O–H groups in total. The van der Waals surface area contributed by atoms with Crippen molar-refractivity contribution in [1.82, 2.24) is 10.3 Å². The zero-order valence-electron chi connectivity index (χ0n) is 17.1. The van der Waals surface area contributed by atoms with E-state index in [4.69, 9.17) is 4.42 Å². The number of benzene rings is 2. The molecule has 3 rings (SSSR count).